The standard InChI is InChI=1S/C20H21NO2S2/c1-14-5-7-15(8-6-14)18(22)9-10-19(23)21-17-4-2-3-16(13-17)20-24-11-12-25-20/h2-8,13,20H,9-12H2,1H3,(H,21,23). The highest BCUT2D eigenvalue weighted by atomic mass is 32.2. The van der Waals surface area contributed by atoms with Gasteiger partial charge in [-0.3, -0.25) is 9.59 Å². The summed E-state index contributed by atoms with van der Waals surface area (Å²) in [6.45, 7) is 1.98. The molecule has 25 heavy (non-hydrogen) atoms. The molecule has 1 aliphatic heterocycles. The molecule has 3 nitrogen and oxygen atoms in total. The maximum atomic E-state index is 12.2. The van der Waals surface area contributed by atoms with E-state index in [2.05, 4.69) is 11.4 Å². The van der Waals surface area contributed by atoms with Crippen molar-refractivity contribution < 1.29 is 9.59 Å². The van der Waals surface area contributed by atoms with Crippen LogP contribution in [0.15, 0.2) is 48.5 Å². The van der Waals surface area contributed by atoms with Crippen LogP contribution in [0.5, 0.6) is 0 Å². The van der Waals surface area contributed by atoms with Crippen LogP contribution in [0.25, 0.3) is 0 Å². The summed E-state index contributed by atoms with van der Waals surface area (Å²) < 4.78 is 0.458. The van der Waals surface area contributed by atoms with Gasteiger partial charge in [-0.1, -0.05) is 42.0 Å². The zero-order valence-electron chi connectivity index (χ0n) is 14.2. The van der Waals surface area contributed by atoms with Crippen molar-refractivity contribution in [1.82, 2.24) is 0 Å². The fourth-order valence-corrected chi connectivity index (χ4v) is 5.49. The molecule has 0 aliphatic carbocycles. The van der Waals surface area contributed by atoms with Gasteiger partial charge in [-0.25, -0.2) is 0 Å². The molecule has 2 aromatic rings. The molecule has 0 saturated carbocycles. The Morgan fingerprint density at radius 3 is 2.48 bits per heavy atom. The van der Waals surface area contributed by atoms with E-state index in [4.69, 9.17) is 0 Å². The van der Waals surface area contributed by atoms with Crippen molar-refractivity contribution in [2.75, 3.05) is 16.8 Å². The Labute approximate surface area is 157 Å². The van der Waals surface area contributed by atoms with Crippen molar-refractivity contribution in [3.05, 3.63) is 65.2 Å². The smallest absolute Gasteiger partial charge is 0.224 e. The van der Waals surface area contributed by atoms with Gasteiger partial charge in [0.1, 0.15) is 0 Å². The SMILES string of the molecule is Cc1ccc(C(=O)CCC(=O)Nc2cccc(C3SCCS3)c2)cc1. The first-order valence-corrected chi connectivity index (χ1v) is 10.4. The summed E-state index contributed by atoms with van der Waals surface area (Å²) in [4.78, 5) is 24.3. The van der Waals surface area contributed by atoms with Crippen LogP contribution in [0.3, 0.4) is 0 Å². The van der Waals surface area contributed by atoms with Crippen molar-refractivity contribution in [1.29, 1.82) is 0 Å². The first-order chi connectivity index (χ1) is 12.1. The molecule has 1 amide bonds. The number of carbonyl (C=O) groups is 2. The molecule has 1 N–H and O–H groups in total. The second kappa shape index (κ2) is 8.59. The van der Waals surface area contributed by atoms with Gasteiger partial charge in [0.15, 0.2) is 5.78 Å². The Balaban J connectivity index is 1.53. The van der Waals surface area contributed by atoms with E-state index in [1.807, 2.05) is 72.9 Å². The van der Waals surface area contributed by atoms with Crippen LogP contribution in [0.2, 0.25) is 0 Å². The maximum Gasteiger partial charge on any atom is 0.224 e. The minimum absolute atomic E-state index is 0.00246. The lowest BCUT2D eigenvalue weighted by molar-refractivity contribution is -0.116. The maximum absolute atomic E-state index is 12.2. The number of hydrogen-bond donors (Lipinski definition) is 1. The predicted octanol–water partition coefficient (Wildman–Crippen LogP) is 5.08. The molecule has 0 aromatic heterocycles. The molecule has 1 saturated heterocycles. The highest BCUT2D eigenvalue weighted by Crippen LogP contribution is 2.45. The van der Waals surface area contributed by atoms with E-state index in [-0.39, 0.29) is 24.5 Å². The molecule has 1 aliphatic rings. The number of Topliss-reactive ketones (excluding diaryl/α,β-unsaturated/α-hetero) is 1. The van der Waals surface area contributed by atoms with Gasteiger partial charge in [0, 0.05) is 35.6 Å². The molecule has 0 bridgehead atoms. The highest BCUT2D eigenvalue weighted by molar-refractivity contribution is 8.19. The second-order valence-electron chi connectivity index (χ2n) is 6.04. The molecular formula is C20H21NO2S2. The Morgan fingerprint density at radius 1 is 1.04 bits per heavy atom. The van der Waals surface area contributed by atoms with Crippen LogP contribution in [0.4, 0.5) is 5.69 Å². The number of anilines is 1. The molecule has 1 fully saturated rings. The third kappa shape index (κ3) is 5.13. The predicted molar refractivity (Wildman–Crippen MR) is 107 cm³/mol. The van der Waals surface area contributed by atoms with Gasteiger partial charge >= 0.3 is 0 Å². The number of aryl methyl sites for hydroxylation is 1. The largest absolute Gasteiger partial charge is 0.326 e. The normalized spacial score (nSPS) is 14.4. The van der Waals surface area contributed by atoms with Crippen molar-refractivity contribution in [3.63, 3.8) is 0 Å². The van der Waals surface area contributed by atoms with Crippen molar-refractivity contribution in [3.8, 4) is 0 Å². The molecule has 2 aromatic carbocycles. The number of carbonyl (C=O) groups excluding carboxylic acids is 2. The summed E-state index contributed by atoms with van der Waals surface area (Å²) in [6, 6.07) is 15.5. The monoisotopic (exact) mass is 371 g/mol. The fourth-order valence-electron chi connectivity index (χ4n) is 2.65. The third-order valence-corrected chi connectivity index (χ3v) is 7.12. The number of rotatable bonds is 6. The number of ketones is 1. The third-order valence-electron chi connectivity index (χ3n) is 4.02. The van der Waals surface area contributed by atoms with E-state index in [9.17, 15) is 9.59 Å². The van der Waals surface area contributed by atoms with Crippen LogP contribution in [-0.2, 0) is 4.79 Å². The van der Waals surface area contributed by atoms with Gasteiger partial charge in [0.25, 0.3) is 0 Å². The summed E-state index contributed by atoms with van der Waals surface area (Å²) in [7, 11) is 0. The van der Waals surface area contributed by atoms with Gasteiger partial charge < -0.3 is 5.32 Å². The zero-order chi connectivity index (χ0) is 17.6. The van der Waals surface area contributed by atoms with Gasteiger partial charge in [0.2, 0.25) is 5.91 Å². The molecular weight excluding hydrogens is 350 g/mol. The molecule has 5 heteroatoms. The molecule has 0 spiro atoms. The minimum Gasteiger partial charge on any atom is -0.326 e. The first-order valence-electron chi connectivity index (χ1n) is 8.35. The topological polar surface area (TPSA) is 46.2 Å². The number of hydrogen-bond acceptors (Lipinski definition) is 4. The van der Waals surface area contributed by atoms with Crippen LogP contribution < -0.4 is 5.32 Å². The average Bonchev–Trinajstić information content (AvgIpc) is 3.15. The molecule has 0 radical (unpaired) electrons. The van der Waals surface area contributed by atoms with E-state index in [0.717, 1.165) is 11.3 Å². The lowest BCUT2D eigenvalue weighted by Gasteiger charge is -2.11. The van der Waals surface area contributed by atoms with Crippen LogP contribution in [0.1, 0.15) is 38.9 Å². The van der Waals surface area contributed by atoms with Crippen molar-refractivity contribution >= 4 is 40.9 Å². The van der Waals surface area contributed by atoms with Crippen LogP contribution in [-0.4, -0.2) is 23.2 Å². The highest BCUT2D eigenvalue weighted by Gasteiger charge is 2.18. The second-order valence-corrected chi connectivity index (χ2v) is 8.76. The zero-order valence-corrected chi connectivity index (χ0v) is 15.8. The van der Waals surface area contributed by atoms with Crippen LogP contribution in [0, 0.1) is 6.92 Å². The quantitative estimate of drug-likeness (QED) is 0.720. The molecule has 1 heterocycles. The number of thioether (sulfide) groups is 2. The van der Waals surface area contributed by atoms with Gasteiger partial charge in [-0.2, -0.15) is 0 Å². The van der Waals surface area contributed by atoms with Crippen LogP contribution >= 0.6 is 23.5 Å². The van der Waals surface area contributed by atoms with Gasteiger partial charge in [-0.05, 0) is 24.6 Å². The first kappa shape index (κ1) is 18.1. The summed E-state index contributed by atoms with van der Waals surface area (Å²) in [6.07, 6.45) is 0.423. The van der Waals surface area contributed by atoms with Gasteiger partial charge in [-0.15, -0.1) is 23.5 Å². The molecule has 130 valence electrons. The molecule has 3 rings (SSSR count). The lowest BCUT2D eigenvalue weighted by atomic mass is 10.0. The van der Waals surface area contributed by atoms with E-state index < -0.39 is 0 Å². The van der Waals surface area contributed by atoms with E-state index >= 15 is 0 Å². The molecule has 0 unspecified atom stereocenters. The molecule has 0 atom stereocenters. The summed E-state index contributed by atoms with van der Waals surface area (Å²) in [5.74, 6) is 2.23. The summed E-state index contributed by atoms with van der Waals surface area (Å²) in [5, 5.41) is 2.91. The number of amides is 1. The van der Waals surface area contributed by atoms with E-state index in [1.54, 1.807) is 0 Å². The van der Waals surface area contributed by atoms with Crippen molar-refractivity contribution in [2.24, 2.45) is 0 Å². The number of nitrogens with one attached hydrogen (secondary N) is 1. The lowest BCUT2D eigenvalue weighted by Crippen LogP contribution is -2.13. The van der Waals surface area contributed by atoms with E-state index in [0.29, 0.717) is 10.1 Å². The Hall–Kier alpha value is -1.72. The minimum atomic E-state index is -0.121. The Morgan fingerprint density at radius 2 is 1.76 bits per heavy atom. The fraction of sp³-hybridized carbons (Fsp3) is 0.300. The van der Waals surface area contributed by atoms with E-state index in [1.165, 1.54) is 17.1 Å². The van der Waals surface area contributed by atoms with Gasteiger partial charge in [0.05, 0.1) is 4.58 Å². The van der Waals surface area contributed by atoms with Crippen molar-refractivity contribution in [2.45, 2.75) is 24.3 Å². The summed E-state index contributed by atoms with van der Waals surface area (Å²) >= 11 is 3.88. The number of benzene rings is 2. The Bertz CT molecular complexity index is 753. The Kier molecular flexibility index (Phi) is 6.21. The summed E-state index contributed by atoms with van der Waals surface area (Å²) in [5.41, 5.74) is 3.82. The average molecular weight is 372 g/mol.